The first-order valence-electron chi connectivity index (χ1n) is 4.79. The van der Waals surface area contributed by atoms with Crippen molar-refractivity contribution in [2.24, 2.45) is 5.41 Å². The molecule has 0 spiro atoms. The van der Waals surface area contributed by atoms with Crippen LogP contribution in [0, 0.1) is 5.41 Å². The smallest absolute Gasteiger partial charge is 0.106 e. The Morgan fingerprint density at radius 3 is 2.93 bits per heavy atom. The zero-order chi connectivity index (χ0) is 10.4. The summed E-state index contributed by atoms with van der Waals surface area (Å²) in [6, 6.07) is 0. The summed E-state index contributed by atoms with van der Waals surface area (Å²) >= 11 is 7.41. The fourth-order valence-electron chi connectivity index (χ4n) is 1.19. The van der Waals surface area contributed by atoms with Crippen LogP contribution < -0.4 is 5.32 Å². The van der Waals surface area contributed by atoms with Crippen molar-refractivity contribution >= 4 is 22.9 Å². The van der Waals surface area contributed by atoms with Gasteiger partial charge in [-0.15, -0.1) is 22.9 Å². The number of rotatable bonds is 6. The first kappa shape index (κ1) is 12.0. The van der Waals surface area contributed by atoms with E-state index < -0.39 is 0 Å². The lowest BCUT2D eigenvalue weighted by Crippen LogP contribution is -2.29. The molecule has 2 nitrogen and oxygen atoms in total. The Balaban J connectivity index is 2.20. The summed E-state index contributed by atoms with van der Waals surface area (Å²) < 4.78 is 0. The van der Waals surface area contributed by atoms with Crippen LogP contribution in [0.2, 0.25) is 0 Å². The van der Waals surface area contributed by atoms with Gasteiger partial charge in [-0.1, -0.05) is 13.8 Å². The highest BCUT2D eigenvalue weighted by Crippen LogP contribution is 2.19. The van der Waals surface area contributed by atoms with Gasteiger partial charge in [0.25, 0.3) is 0 Å². The average Bonchev–Trinajstić information content (AvgIpc) is 2.56. The van der Waals surface area contributed by atoms with Crippen molar-refractivity contribution in [3.8, 4) is 0 Å². The largest absolute Gasteiger partial charge is 0.310 e. The van der Waals surface area contributed by atoms with Crippen LogP contribution in [-0.2, 0) is 6.54 Å². The Bertz CT molecular complexity index is 247. The molecule has 1 aromatic heterocycles. The van der Waals surface area contributed by atoms with Gasteiger partial charge in [0.05, 0.1) is 0 Å². The van der Waals surface area contributed by atoms with E-state index in [1.165, 1.54) is 0 Å². The van der Waals surface area contributed by atoms with Crippen molar-refractivity contribution in [3.05, 3.63) is 16.6 Å². The molecule has 1 heterocycles. The van der Waals surface area contributed by atoms with Crippen LogP contribution >= 0.6 is 22.9 Å². The minimum atomic E-state index is 0.277. The second kappa shape index (κ2) is 5.69. The van der Waals surface area contributed by atoms with Crippen molar-refractivity contribution in [1.29, 1.82) is 0 Å². The topological polar surface area (TPSA) is 24.9 Å². The van der Waals surface area contributed by atoms with Crippen molar-refractivity contribution < 1.29 is 0 Å². The summed E-state index contributed by atoms with van der Waals surface area (Å²) in [4.78, 5) is 4.21. The van der Waals surface area contributed by atoms with E-state index in [9.17, 15) is 0 Å². The lowest BCUT2D eigenvalue weighted by molar-refractivity contribution is 0.329. The minimum absolute atomic E-state index is 0.277. The molecular weight excluding hydrogens is 216 g/mol. The van der Waals surface area contributed by atoms with E-state index in [1.54, 1.807) is 11.3 Å². The Hall–Kier alpha value is -0.120. The molecule has 1 N–H and O–H groups in total. The SMILES string of the molecule is CC(C)(CCCl)CNCc1nccs1. The lowest BCUT2D eigenvalue weighted by atomic mass is 9.90. The predicted molar refractivity (Wildman–Crippen MR) is 62.9 cm³/mol. The molecule has 0 radical (unpaired) electrons. The quantitative estimate of drug-likeness (QED) is 0.763. The van der Waals surface area contributed by atoms with Crippen molar-refractivity contribution in [2.75, 3.05) is 12.4 Å². The van der Waals surface area contributed by atoms with Gasteiger partial charge in [-0.3, -0.25) is 0 Å². The highest BCUT2D eigenvalue weighted by atomic mass is 35.5. The molecule has 0 aliphatic rings. The van der Waals surface area contributed by atoms with E-state index in [0.29, 0.717) is 0 Å². The summed E-state index contributed by atoms with van der Waals surface area (Å²) in [5, 5.41) is 6.55. The second-order valence-electron chi connectivity index (χ2n) is 4.13. The third-order valence-corrected chi connectivity index (χ3v) is 3.10. The maximum Gasteiger partial charge on any atom is 0.106 e. The van der Waals surface area contributed by atoms with Gasteiger partial charge in [0.1, 0.15) is 5.01 Å². The highest BCUT2D eigenvalue weighted by Gasteiger charge is 2.16. The first-order chi connectivity index (χ1) is 6.64. The molecular formula is C10H17ClN2S. The Kier molecular flexibility index (Phi) is 4.85. The summed E-state index contributed by atoms with van der Waals surface area (Å²) in [5.74, 6) is 0.728. The van der Waals surface area contributed by atoms with E-state index >= 15 is 0 Å². The summed E-state index contributed by atoms with van der Waals surface area (Å²) in [6.45, 7) is 6.30. The second-order valence-corrected chi connectivity index (χ2v) is 5.49. The van der Waals surface area contributed by atoms with Gasteiger partial charge in [-0.2, -0.15) is 0 Å². The van der Waals surface area contributed by atoms with Crippen molar-refractivity contribution in [1.82, 2.24) is 10.3 Å². The Morgan fingerprint density at radius 1 is 1.57 bits per heavy atom. The number of thiazole rings is 1. The first-order valence-corrected chi connectivity index (χ1v) is 6.20. The third kappa shape index (κ3) is 4.40. The van der Waals surface area contributed by atoms with Gasteiger partial charge in [0.2, 0.25) is 0 Å². The van der Waals surface area contributed by atoms with Crippen LogP contribution in [0.5, 0.6) is 0 Å². The van der Waals surface area contributed by atoms with Gasteiger partial charge in [-0.05, 0) is 11.8 Å². The molecule has 14 heavy (non-hydrogen) atoms. The molecule has 0 saturated heterocycles. The van der Waals surface area contributed by atoms with Crippen LogP contribution in [0.1, 0.15) is 25.3 Å². The van der Waals surface area contributed by atoms with E-state index in [1.807, 2.05) is 11.6 Å². The number of nitrogens with zero attached hydrogens (tertiary/aromatic N) is 1. The van der Waals surface area contributed by atoms with E-state index in [-0.39, 0.29) is 5.41 Å². The van der Waals surface area contributed by atoms with Crippen LogP contribution in [-0.4, -0.2) is 17.4 Å². The Labute approximate surface area is 94.7 Å². The van der Waals surface area contributed by atoms with Gasteiger partial charge < -0.3 is 5.32 Å². The Morgan fingerprint density at radius 2 is 2.36 bits per heavy atom. The van der Waals surface area contributed by atoms with E-state index in [0.717, 1.165) is 30.4 Å². The van der Waals surface area contributed by atoms with Crippen LogP contribution in [0.3, 0.4) is 0 Å². The number of halogens is 1. The molecule has 1 aromatic rings. The molecule has 0 aromatic carbocycles. The van der Waals surface area contributed by atoms with Crippen LogP contribution in [0.4, 0.5) is 0 Å². The van der Waals surface area contributed by atoms with Crippen molar-refractivity contribution in [3.63, 3.8) is 0 Å². The number of alkyl halides is 1. The predicted octanol–water partition coefficient (Wildman–Crippen LogP) is 2.89. The summed E-state index contributed by atoms with van der Waals surface area (Å²) in [6.07, 6.45) is 2.88. The molecule has 4 heteroatoms. The molecule has 1 rings (SSSR count). The van der Waals surface area contributed by atoms with Gasteiger partial charge >= 0.3 is 0 Å². The standard InChI is InChI=1S/C10H17ClN2S/c1-10(2,3-4-11)8-12-7-9-13-5-6-14-9/h5-6,12H,3-4,7-8H2,1-2H3. The number of aromatic nitrogens is 1. The molecule has 0 fully saturated rings. The molecule has 0 amide bonds. The summed E-state index contributed by atoms with van der Waals surface area (Å²) in [7, 11) is 0. The monoisotopic (exact) mass is 232 g/mol. The van der Waals surface area contributed by atoms with Crippen LogP contribution in [0.25, 0.3) is 0 Å². The number of hydrogen-bond donors (Lipinski definition) is 1. The molecule has 0 atom stereocenters. The van der Waals surface area contributed by atoms with Crippen molar-refractivity contribution in [2.45, 2.75) is 26.8 Å². The average molecular weight is 233 g/mol. The fourth-order valence-corrected chi connectivity index (χ4v) is 2.29. The van der Waals surface area contributed by atoms with E-state index in [4.69, 9.17) is 11.6 Å². The molecule has 0 saturated carbocycles. The van der Waals surface area contributed by atoms with Crippen LogP contribution in [0.15, 0.2) is 11.6 Å². The molecule has 80 valence electrons. The molecule has 0 unspecified atom stereocenters. The highest BCUT2D eigenvalue weighted by molar-refractivity contribution is 7.09. The maximum atomic E-state index is 5.73. The molecule has 0 aliphatic carbocycles. The zero-order valence-corrected chi connectivity index (χ0v) is 10.3. The molecule has 0 aliphatic heterocycles. The maximum absolute atomic E-state index is 5.73. The normalized spacial score (nSPS) is 11.9. The number of hydrogen-bond acceptors (Lipinski definition) is 3. The molecule has 0 bridgehead atoms. The third-order valence-electron chi connectivity index (χ3n) is 2.13. The zero-order valence-electron chi connectivity index (χ0n) is 8.72. The van der Waals surface area contributed by atoms with Gasteiger partial charge in [-0.25, -0.2) is 4.98 Å². The lowest BCUT2D eigenvalue weighted by Gasteiger charge is -2.23. The minimum Gasteiger partial charge on any atom is -0.310 e. The number of nitrogens with one attached hydrogen (secondary N) is 1. The van der Waals surface area contributed by atoms with Gasteiger partial charge in [0.15, 0.2) is 0 Å². The fraction of sp³-hybridized carbons (Fsp3) is 0.700. The summed E-state index contributed by atoms with van der Waals surface area (Å²) in [5.41, 5.74) is 0.277. The van der Waals surface area contributed by atoms with E-state index in [2.05, 4.69) is 24.1 Å². The van der Waals surface area contributed by atoms with Gasteiger partial charge in [0, 0.05) is 30.5 Å².